The Bertz CT molecular complexity index is 392. The summed E-state index contributed by atoms with van der Waals surface area (Å²) in [5, 5.41) is 1.29. The SMILES string of the molecule is Clc1ccc(Cl)c(OCCCC[NH+]2CCCCC2)c1. The van der Waals surface area contributed by atoms with Crippen LogP contribution in [0.3, 0.4) is 0 Å². The Morgan fingerprint density at radius 2 is 1.84 bits per heavy atom. The number of ether oxygens (including phenoxy) is 1. The largest absolute Gasteiger partial charge is 0.492 e. The molecule has 106 valence electrons. The van der Waals surface area contributed by atoms with E-state index in [2.05, 4.69) is 0 Å². The van der Waals surface area contributed by atoms with E-state index in [1.807, 2.05) is 0 Å². The van der Waals surface area contributed by atoms with Crippen LogP contribution in [0.5, 0.6) is 5.75 Å². The number of halogens is 2. The van der Waals surface area contributed by atoms with Gasteiger partial charge in [0.05, 0.1) is 31.3 Å². The summed E-state index contributed by atoms with van der Waals surface area (Å²) in [6.07, 6.45) is 6.49. The van der Waals surface area contributed by atoms with Crippen molar-refractivity contribution in [3.63, 3.8) is 0 Å². The zero-order valence-corrected chi connectivity index (χ0v) is 12.8. The summed E-state index contributed by atoms with van der Waals surface area (Å²) in [5.74, 6) is 0.694. The van der Waals surface area contributed by atoms with E-state index in [0.717, 1.165) is 6.42 Å². The molecule has 0 spiro atoms. The fourth-order valence-corrected chi connectivity index (χ4v) is 2.88. The van der Waals surface area contributed by atoms with Gasteiger partial charge in [-0.3, -0.25) is 0 Å². The first-order valence-electron chi connectivity index (χ1n) is 7.17. The normalized spacial score (nSPS) is 16.5. The molecule has 2 rings (SSSR count). The molecule has 1 fully saturated rings. The van der Waals surface area contributed by atoms with Crippen molar-refractivity contribution in [3.8, 4) is 5.75 Å². The standard InChI is InChI=1S/C15H21Cl2NO/c16-13-6-7-14(17)15(12-13)19-11-5-4-10-18-8-2-1-3-9-18/h6-7,12H,1-5,8-11H2/p+1. The third-order valence-corrected chi connectivity index (χ3v) is 4.18. The first-order chi connectivity index (χ1) is 9.25. The molecule has 1 aliphatic rings. The van der Waals surface area contributed by atoms with E-state index in [1.54, 1.807) is 23.1 Å². The number of nitrogens with one attached hydrogen (secondary N) is 1. The van der Waals surface area contributed by atoms with Crippen molar-refractivity contribution < 1.29 is 9.64 Å². The van der Waals surface area contributed by atoms with E-state index < -0.39 is 0 Å². The molecule has 2 nitrogen and oxygen atoms in total. The van der Waals surface area contributed by atoms with Crippen LogP contribution in [0.25, 0.3) is 0 Å². The van der Waals surface area contributed by atoms with Gasteiger partial charge in [0.15, 0.2) is 0 Å². The average molecular weight is 303 g/mol. The lowest BCUT2D eigenvalue weighted by atomic mass is 10.1. The zero-order valence-electron chi connectivity index (χ0n) is 11.3. The van der Waals surface area contributed by atoms with Crippen molar-refractivity contribution in [3.05, 3.63) is 28.2 Å². The molecule has 1 aromatic carbocycles. The van der Waals surface area contributed by atoms with Crippen LogP contribution in [-0.4, -0.2) is 26.2 Å². The summed E-state index contributed by atoms with van der Waals surface area (Å²) in [6.45, 7) is 4.68. The number of hydrogen-bond donors (Lipinski definition) is 1. The van der Waals surface area contributed by atoms with Gasteiger partial charge in [-0.1, -0.05) is 23.2 Å². The number of hydrogen-bond acceptors (Lipinski definition) is 1. The highest BCUT2D eigenvalue weighted by Crippen LogP contribution is 2.27. The minimum absolute atomic E-state index is 0.631. The molecule has 1 saturated heterocycles. The van der Waals surface area contributed by atoms with Crippen LogP contribution in [0.4, 0.5) is 0 Å². The summed E-state index contributed by atoms with van der Waals surface area (Å²) < 4.78 is 5.68. The molecular formula is C15H22Cl2NO+. The maximum Gasteiger partial charge on any atom is 0.139 e. The number of piperidine rings is 1. The zero-order chi connectivity index (χ0) is 13.5. The molecule has 0 bridgehead atoms. The molecular weight excluding hydrogens is 281 g/mol. The van der Waals surface area contributed by atoms with Gasteiger partial charge in [-0.25, -0.2) is 0 Å². The lowest BCUT2D eigenvalue weighted by molar-refractivity contribution is -0.905. The van der Waals surface area contributed by atoms with Crippen molar-refractivity contribution in [1.82, 2.24) is 0 Å². The van der Waals surface area contributed by atoms with Crippen molar-refractivity contribution in [2.75, 3.05) is 26.2 Å². The van der Waals surface area contributed by atoms with Crippen LogP contribution in [0.1, 0.15) is 32.1 Å². The highest BCUT2D eigenvalue weighted by molar-refractivity contribution is 6.34. The molecule has 0 aliphatic carbocycles. The molecule has 0 amide bonds. The second kappa shape index (κ2) is 7.98. The third-order valence-electron chi connectivity index (χ3n) is 3.64. The Hall–Kier alpha value is -0.440. The molecule has 0 unspecified atom stereocenters. The van der Waals surface area contributed by atoms with E-state index in [9.17, 15) is 0 Å². The molecule has 0 radical (unpaired) electrons. The number of likely N-dealkylation sites (tertiary alicyclic amines) is 1. The van der Waals surface area contributed by atoms with E-state index in [0.29, 0.717) is 22.4 Å². The van der Waals surface area contributed by atoms with E-state index in [4.69, 9.17) is 27.9 Å². The second-order valence-electron chi connectivity index (χ2n) is 5.19. The fourth-order valence-electron chi connectivity index (χ4n) is 2.55. The predicted molar refractivity (Wildman–Crippen MR) is 80.6 cm³/mol. The van der Waals surface area contributed by atoms with E-state index in [-0.39, 0.29) is 0 Å². The van der Waals surface area contributed by atoms with Crippen molar-refractivity contribution in [1.29, 1.82) is 0 Å². The number of benzene rings is 1. The highest BCUT2D eigenvalue weighted by Gasteiger charge is 2.12. The average Bonchev–Trinajstić information content (AvgIpc) is 2.43. The van der Waals surface area contributed by atoms with Gasteiger partial charge in [-0.2, -0.15) is 0 Å². The predicted octanol–water partition coefficient (Wildman–Crippen LogP) is 3.22. The van der Waals surface area contributed by atoms with Crippen LogP contribution in [0.15, 0.2) is 18.2 Å². The second-order valence-corrected chi connectivity index (χ2v) is 6.03. The number of rotatable bonds is 6. The first-order valence-corrected chi connectivity index (χ1v) is 7.93. The molecule has 4 heteroatoms. The minimum Gasteiger partial charge on any atom is -0.492 e. The molecule has 1 heterocycles. The molecule has 1 aromatic rings. The van der Waals surface area contributed by atoms with E-state index in [1.165, 1.54) is 45.3 Å². The summed E-state index contributed by atoms with van der Waals surface area (Å²) in [5.41, 5.74) is 0. The smallest absolute Gasteiger partial charge is 0.139 e. The van der Waals surface area contributed by atoms with Crippen molar-refractivity contribution >= 4 is 23.2 Å². The van der Waals surface area contributed by atoms with Crippen LogP contribution in [0.2, 0.25) is 10.0 Å². The molecule has 0 atom stereocenters. The van der Waals surface area contributed by atoms with Gasteiger partial charge in [-0.05, 0) is 44.2 Å². The topological polar surface area (TPSA) is 13.7 Å². The van der Waals surface area contributed by atoms with E-state index >= 15 is 0 Å². The molecule has 19 heavy (non-hydrogen) atoms. The number of quaternary nitrogens is 1. The van der Waals surface area contributed by atoms with Gasteiger partial charge in [0.1, 0.15) is 5.75 Å². The fraction of sp³-hybridized carbons (Fsp3) is 0.600. The molecule has 0 saturated carbocycles. The van der Waals surface area contributed by atoms with Crippen molar-refractivity contribution in [2.45, 2.75) is 32.1 Å². The van der Waals surface area contributed by atoms with Gasteiger partial charge in [0.25, 0.3) is 0 Å². The van der Waals surface area contributed by atoms with Crippen LogP contribution in [0, 0.1) is 0 Å². The molecule has 1 aliphatic heterocycles. The highest BCUT2D eigenvalue weighted by atomic mass is 35.5. The van der Waals surface area contributed by atoms with Gasteiger partial charge >= 0.3 is 0 Å². The maximum absolute atomic E-state index is 6.04. The van der Waals surface area contributed by atoms with Gasteiger partial charge in [-0.15, -0.1) is 0 Å². The molecule has 0 aromatic heterocycles. The summed E-state index contributed by atoms with van der Waals surface area (Å²) in [7, 11) is 0. The van der Waals surface area contributed by atoms with Gasteiger partial charge in [0, 0.05) is 11.1 Å². The Labute approximate surface area is 125 Å². The van der Waals surface area contributed by atoms with Crippen molar-refractivity contribution in [2.24, 2.45) is 0 Å². The van der Waals surface area contributed by atoms with Crippen LogP contribution < -0.4 is 9.64 Å². The molecule has 1 N–H and O–H groups in total. The quantitative estimate of drug-likeness (QED) is 0.797. The number of unbranched alkanes of at least 4 members (excludes halogenated alkanes) is 1. The Kier molecular flexibility index (Phi) is 6.29. The van der Waals surface area contributed by atoms with Crippen LogP contribution in [-0.2, 0) is 0 Å². The minimum atomic E-state index is 0.631. The Balaban J connectivity index is 1.62. The first kappa shape index (κ1) is 15.0. The maximum atomic E-state index is 6.04. The Morgan fingerprint density at radius 3 is 2.63 bits per heavy atom. The summed E-state index contributed by atoms with van der Waals surface area (Å²) >= 11 is 12.0. The van der Waals surface area contributed by atoms with Gasteiger partial charge in [0.2, 0.25) is 0 Å². The summed E-state index contributed by atoms with van der Waals surface area (Å²) in [6, 6.07) is 5.33. The Morgan fingerprint density at radius 1 is 1.05 bits per heavy atom. The van der Waals surface area contributed by atoms with Gasteiger partial charge < -0.3 is 9.64 Å². The lowest BCUT2D eigenvalue weighted by Gasteiger charge is -2.23. The summed E-state index contributed by atoms with van der Waals surface area (Å²) in [4.78, 5) is 1.76. The lowest BCUT2D eigenvalue weighted by Crippen LogP contribution is -3.12. The monoisotopic (exact) mass is 302 g/mol. The third kappa shape index (κ3) is 5.21. The van der Waals surface area contributed by atoms with Crippen LogP contribution >= 0.6 is 23.2 Å².